The number of aryl methyl sites for hydroxylation is 1. The topological polar surface area (TPSA) is 60.6 Å². The molecular formula is C46H46ClN2O3S+. The number of benzene rings is 5. The van der Waals surface area contributed by atoms with Crippen LogP contribution in [0.3, 0.4) is 0 Å². The molecule has 5 aromatic rings. The predicted octanol–water partition coefficient (Wildman–Crippen LogP) is 11.3. The van der Waals surface area contributed by atoms with Gasteiger partial charge in [-0.2, -0.15) is 13.0 Å². The molecule has 0 saturated carbocycles. The highest BCUT2D eigenvalue weighted by Crippen LogP contribution is 2.50. The average molecular weight is 742 g/mol. The van der Waals surface area contributed by atoms with Gasteiger partial charge in [0, 0.05) is 46.6 Å². The van der Waals surface area contributed by atoms with Gasteiger partial charge in [-0.05, 0) is 102 Å². The molecule has 270 valence electrons. The highest BCUT2D eigenvalue weighted by atomic mass is 35.5. The van der Waals surface area contributed by atoms with Crippen LogP contribution in [-0.4, -0.2) is 37.4 Å². The first kappa shape index (κ1) is 36.6. The molecule has 53 heavy (non-hydrogen) atoms. The Hall–Kier alpha value is -4.75. The largest absolute Gasteiger partial charge is 0.347 e. The molecule has 7 heteroatoms. The molecule has 0 bridgehead atoms. The van der Waals surface area contributed by atoms with Crippen molar-refractivity contribution in [3.05, 3.63) is 160 Å². The molecule has 0 spiro atoms. The summed E-state index contributed by atoms with van der Waals surface area (Å²) in [5.74, 6) is 0. The molecule has 2 heterocycles. The molecule has 0 unspecified atom stereocenters. The van der Waals surface area contributed by atoms with Crippen molar-refractivity contribution in [1.82, 2.24) is 0 Å². The van der Waals surface area contributed by atoms with Crippen LogP contribution >= 0.6 is 11.6 Å². The Morgan fingerprint density at radius 1 is 0.755 bits per heavy atom. The Morgan fingerprint density at radius 3 is 2.00 bits per heavy atom. The summed E-state index contributed by atoms with van der Waals surface area (Å²) in [5.41, 5.74) is 11.1. The highest BCUT2D eigenvalue weighted by molar-refractivity contribution is 7.85. The van der Waals surface area contributed by atoms with E-state index >= 15 is 0 Å². The minimum Gasteiger partial charge on any atom is -0.347 e. The highest BCUT2D eigenvalue weighted by Gasteiger charge is 2.44. The van der Waals surface area contributed by atoms with Gasteiger partial charge in [0.2, 0.25) is 5.69 Å². The zero-order chi connectivity index (χ0) is 37.9. The maximum atomic E-state index is 10.5. The van der Waals surface area contributed by atoms with Crippen LogP contribution in [0.15, 0.2) is 148 Å². The van der Waals surface area contributed by atoms with Crippen LogP contribution in [0.25, 0.3) is 21.5 Å². The minimum absolute atomic E-state index is 0.0666. The summed E-state index contributed by atoms with van der Waals surface area (Å²) in [6.07, 6.45) is 11.0. The molecular weight excluding hydrogens is 696 g/mol. The van der Waals surface area contributed by atoms with Crippen molar-refractivity contribution in [2.24, 2.45) is 0 Å². The van der Waals surface area contributed by atoms with E-state index in [2.05, 4.69) is 148 Å². The number of hydrogen-bond donors (Lipinski definition) is 1. The maximum absolute atomic E-state index is 10.5. The molecule has 2 aliphatic heterocycles. The quantitative estimate of drug-likeness (QED) is 0.147. The smallest absolute Gasteiger partial charge is 0.294 e. The predicted molar refractivity (Wildman–Crippen MR) is 222 cm³/mol. The number of nitrogens with zero attached hydrogens (tertiary/aromatic N) is 2. The van der Waals surface area contributed by atoms with Crippen molar-refractivity contribution in [2.75, 3.05) is 19.0 Å². The minimum atomic E-state index is -4.02. The number of halogens is 1. The fourth-order valence-electron chi connectivity index (χ4n) is 8.46. The third-order valence-corrected chi connectivity index (χ3v) is 12.6. The summed E-state index contributed by atoms with van der Waals surface area (Å²) in [5, 5.41) is 6.15. The van der Waals surface area contributed by atoms with E-state index in [4.69, 9.17) is 16.2 Å². The third-order valence-electron chi connectivity index (χ3n) is 11.2. The fraction of sp³-hybridized carbons (Fsp3) is 0.239. The van der Waals surface area contributed by atoms with Crippen LogP contribution in [0.2, 0.25) is 0 Å². The first-order chi connectivity index (χ1) is 25.1. The molecule has 0 amide bonds. The van der Waals surface area contributed by atoms with Gasteiger partial charge in [-0.1, -0.05) is 110 Å². The lowest BCUT2D eigenvalue weighted by Gasteiger charge is -2.24. The molecule has 0 saturated heterocycles. The van der Waals surface area contributed by atoms with Gasteiger partial charge in [0.05, 0.1) is 10.3 Å². The second-order valence-electron chi connectivity index (χ2n) is 15.3. The number of likely N-dealkylation sites (N-methyl/N-ethyl adjacent to an activating group) is 1. The summed E-state index contributed by atoms with van der Waals surface area (Å²) in [6, 6.07) is 32.4. The zero-order valence-electron chi connectivity index (χ0n) is 31.4. The maximum Gasteiger partial charge on any atom is 0.294 e. The molecule has 0 radical (unpaired) electrons. The third kappa shape index (κ3) is 6.47. The van der Waals surface area contributed by atoms with Crippen molar-refractivity contribution in [3.8, 4) is 0 Å². The van der Waals surface area contributed by atoms with Crippen LogP contribution in [0.5, 0.6) is 0 Å². The molecule has 1 N–H and O–H groups in total. The lowest BCUT2D eigenvalue weighted by atomic mass is 9.79. The number of fused-ring (bicyclic) bond motifs is 6. The summed E-state index contributed by atoms with van der Waals surface area (Å²) in [7, 11) is 0.352. The number of anilines is 1. The van der Waals surface area contributed by atoms with E-state index in [-0.39, 0.29) is 15.7 Å². The molecule has 5 nitrogen and oxygen atoms in total. The van der Waals surface area contributed by atoms with E-state index in [1.54, 1.807) is 12.1 Å². The summed E-state index contributed by atoms with van der Waals surface area (Å²) in [4.78, 5) is 2.28. The summed E-state index contributed by atoms with van der Waals surface area (Å²) < 4.78 is 31.9. The van der Waals surface area contributed by atoms with Crippen molar-refractivity contribution in [3.63, 3.8) is 0 Å². The molecule has 3 aliphatic rings. The molecule has 1 aliphatic carbocycles. The van der Waals surface area contributed by atoms with Crippen molar-refractivity contribution in [2.45, 2.75) is 63.2 Å². The van der Waals surface area contributed by atoms with Gasteiger partial charge in [-0.3, -0.25) is 4.55 Å². The first-order valence-corrected chi connectivity index (χ1v) is 19.8. The van der Waals surface area contributed by atoms with Gasteiger partial charge in [0.15, 0.2) is 5.71 Å². The van der Waals surface area contributed by atoms with Crippen molar-refractivity contribution >= 4 is 60.4 Å². The second kappa shape index (κ2) is 13.6. The standard InChI is InChI=1S/C39H38ClN2.C7H8O3S/c1-38(2)33(41(5)31-21-17-25-11-7-9-13-29(25)35(31)38)23-19-27-15-16-28(37(27)40)20-24-34-39(3,4)36-30-14-10-8-12-26(30)18-22-32(36)42(34)6;1-6-2-4-7(5-3-6)11(8,9)10/h7-14,17-24H,15-16H2,1-6H3;2-5H,1H3,(H,8,9,10)/q+1;. The normalized spacial score (nSPS) is 19.2. The lowest BCUT2D eigenvalue weighted by Crippen LogP contribution is -2.26. The van der Waals surface area contributed by atoms with E-state index < -0.39 is 10.1 Å². The summed E-state index contributed by atoms with van der Waals surface area (Å²) in [6.45, 7) is 11.2. The van der Waals surface area contributed by atoms with Gasteiger partial charge in [-0.25, -0.2) is 0 Å². The van der Waals surface area contributed by atoms with Gasteiger partial charge < -0.3 is 4.90 Å². The second-order valence-corrected chi connectivity index (χ2v) is 17.1. The van der Waals surface area contributed by atoms with Gasteiger partial charge >= 0.3 is 0 Å². The Kier molecular flexibility index (Phi) is 9.38. The molecule has 8 rings (SSSR count). The van der Waals surface area contributed by atoms with Gasteiger partial charge in [0.25, 0.3) is 10.1 Å². The lowest BCUT2D eigenvalue weighted by molar-refractivity contribution is -0.401. The van der Waals surface area contributed by atoms with Crippen LogP contribution in [0.4, 0.5) is 11.4 Å². The van der Waals surface area contributed by atoms with E-state index in [9.17, 15) is 8.42 Å². The molecule has 0 aromatic heterocycles. The van der Waals surface area contributed by atoms with Crippen LogP contribution in [0.1, 0.15) is 57.2 Å². The Labute approximate surface area is 318 Å². The molecule has 5 aromatic carbocycles. The SMILES string of the molecule is CN1/C(=C/C=C2\CCC(/C=C/C3=[N+](C)c4ccc5ccccc5c4C3(C)C)=C2Cl)C(C)(C)c2c1ccc1ccccc21.Cc1ccc(S(=O)(=O)O)cc1. The monoisotopic (exact) mass is 741 g/mol. The van der Waals surface area contributed by atoms with Gasteiger partial charge in [-0.15, -0.1) is 0 Å². The zero-order valence-corrected chi connectivity index (χ0v) is 33.0. The van der Waals surface area contributed by atoms with Crippen molar-refractivity contribution < 1.29 is 17.5 Å². The average Bonchev–Trinajstić information content (AvgIpc) is 3.65. The van der Waals surface area contributed by atoms with E-state index in [0.717, 1.165) is 23.4 Å². The van der Waals surface area contributed by atoms with Crippen LogP contribution in [0, 0.1) is 6.92 Å². The van der Waals surface area contributed by atoms with Crippen molar-refractivity contribution in [1.29, 1.82) is 0 Å². The van der Waals surface area contributed by atoms with Gasteiger partial charge in [0.1, 0.15) is 7.05 Å². The van der Waals surface area contributed by atoms with E-state index in [0.29, 0.717) is 0 Å². The number of hydrogen-bond acceptors (Lipinski definition) is 3. The van der Waals surface area contributed by atoms with E-state index in [1.165, 1.54) is 78.7 Å². The number of allylic oxidation sites excluding steroid dienone is 8. The van der Waals surface area contributed by atoms with Crippen LogP contribution in [-0.2, 0) is 20.9 Å². The molecule has 0 atom stereocenters. The first-order valence-electron chi connectivity index (χ1n) is 18.0. The molecule has 0 fully saturated rings. The summed E-state index contributed by atoms with van der Waals surface area (Å²) >= 11 is 7.06. The van der Waals surface area contributed by atoms with Crippen LogP contribution < -0.4 is 4.90 Å². The fourth-order valence-corrected chi connectivity index (χ4v) is 9.26. The number of rotatable bonds is 4. The Bertz CT molecular complexity index is 2570. The Morgan fingerprint density at radius 2 is 1.36 bits per heavy atom. The Balaban J connectivity index is 0.000000341. The van der Waals surface area contributed by atoms with E-state index in [1.807, 2.05) is 6.92 Å².